The lowest BCUT2D eigenvalue weighted by Gasteiger charge is -2.32. The molecular weight excluding hydrogens is 146 g/mol. The van der Waals surface area contributed by atoms with Crippen LogP contribution in [0.1, 0.15) is 33.1 Å². The second kappa shape index (κ2) is 3.33. The van der Waals surface area contributed by atoms with Gasteiger partial charge in [0.05, 0.1) is 0 Å². The summed E-state index contributed by atoms with van der Waals surface area (Å²) in [6.45, 7) is 4.49. The molecule has 0 radical (unpaired) electrons. The van der Waals surface area contributed by atoms with E-state index in [1.165, 1.54) is 5.57 Å². The van der Waals surface area contributed by atoms with Gasteiger partial charge in [-0.15, -0.1) is 12.3 Å². The maximum Gasteiger partial charge on any atom is 0.0297 e. The van der Waals surface area contributed by atoms with Gasteiger partial charge in [0.1, 0.15) is 0 Å². The molecule has 0 spiro atoms. The summed E-state index contributed by atoms with van der Waals surface area (Å²) in [7, 11) is 0. The zero-order valence-corrected chi connectivity index (χ0v) is 7.93. The van der Waals surface area contributed by atoms with Gasteiger partial charge in [0.15, 0.2) is 0 Å². The lowest BCUT2D eigenvalue weighted by Crippen LogP contribution is -2.30. The summed E-state index contributed by atoms with van der Waals surface area (Å²) in [4.78, 5) is 0. The predicted octanol–water partition coefficient (Wildman–Crippen LogP) is 2.08. The monoisotopic (exact) mass is 163 g/mol. The van der Waals surface area contributed by atoms with Crippen LogP contribution in [0.4, 0.5) is 0 Å². The first-order valence-electron chi connectivity index (χ1n) is 4.42. The maximum absolute atomic E-state index is 5.89. The normalized spacial score (nSPS) is 27.5. The number of rotatable bonds is 1. The largest absolute Gasteiger partial charge is 0.324 e. The SMILES string of the molecule is C#CCC1=CC(N)CC(C)(C)C1. The number of terminal acetylenes is 1. The highest BCUT2D eigenvalue weighted by Gasteiger charge is 2.26. The number of hydrogen-bond donors (Lipinski definition) is 1. The van der Waals surface area contributed by atoms with Crippen LogP contribution in [0.2, 0.25) is 0 Å². The van der Waals surface area contributed by atoms with Gasteiger partial charge < -0.3 is 5.73 Å². The topological polar surface area (TPSA) is 26.0 Å². The fourth-order valence-corrected chi connectivity index (χ4v) is 2.00. The number of hydrogen-bond acceptors (Lipinski definition) is 1. The molecule has 0 aromatic rings. The van der Waals surface area contributed by atoms with Crippen molar-refractivity contribution in [2.75, 3.05) is 0 Å². The molecule has 2 N–H and O–H groups in total. The molecule has 66 valence electrons. The highest BCUT2D eigenvalue weighted by atomic mass is 14.6. The van der Waals surface area contributed by atoms with Crippen LogP contribution in [-0.2, 0) is 0 Å². The van der Waals surface area contributed by atoms with Gasteiger partial charge in [-0.25, -0.2) is 0 Å². The van der Waals surface area contributed by atoms with Crippen LogP contribution in [0.5, 0.6) is 0 Å². The van der Waals surface area contributed by atoms with E-state index in [1.807, 2.05) is 0 Å². The summed E-state index contributed by atoms with van der Waals surface area (Å²) in [5.74, 6) is 2.67. The fourth-order valence-electron chi connectivity index (χ4n) is 2.00. The van der Waals surface area contributed by atoms with E-state index in [0.29, 0.717) is 5.41 Å². The van der Waals surface area contributed by atoms with E-state index in [-0.39, 0.29) is 6.04 Å². The average Bonchev–Trinajstić information content (AvgIpc) is 1.82. The van der Waals surface area contributed by atoms with E-state index in [4.69, 9.17) is 12.2 Å². The second-order valence-corrected chi connectivity index (χ2v) is 4.41. The molecule has 0 saturated heterocycles. The zero-order chi connectivity index (χ0) is 9.19. The minimum atomic E-state index is 0.206. The third-order valence-electron chi connectivity index (χ3n) is 2.27. The molecule has 1 atom stereocenters. The van der Waals surface area contributed by atoms with Gasteiger partial charge in [-0.05, 0) is 18.3 Å². The maximum atomic E-state index is 5.89. The fraction of sp³-hybridized carbons (Fsp3) is 0.636. The summed E-state index contributed by atoms with van der Waals surface area (Å²) in [6.07, 6.45) is 10.3. The summed E-state index contributed by atoms with van der Waals surface area (Å²) in [6, 6.07) is 0.206. The minimum absolute atomic E-state index is 0.206. The van der Waals surface area contributed by atoms with Gasteiger partial charge in [-0.2, -0.15) is 0 Å². The van der Waals surface area contributed by atoms with Crippen molar-refractivity contribution in [3.05, 3.63) is 11.6 Å². The van der Waals surface area contributed by atoms with Crippen molar-refractivity contribution < 1.29 is 0 Å². The molecule has 1 rings (SSSR count). The summed E-state index contributed by atoms with van der Waals surface area (Å²) >= 11 is 0. The van der Waals surface area contributed by atoms with Crippen LogP contribution < -0.4 is 5.73 Å². The summed E-state index contributed by atoms with van der Waals surface area (Å²) in [5.41, 5.74) is 7.55. The lowest BCUT2D eigenvalue weighted by atomic mass is 9.75. The second-order valence-electron chi connectivity index (χ2n) is 4.41. The first-order valence-corrected chi connectivity index (χ1v) is 4.42. The molecule has 12 heavy (non-hydrogen) atoms. The van der Waals surface area contributed by atoms with E-state index in [0.717, 1.165) is 19.3 Å². The standard InChI is InChI=1S/C11H17N/c1-4-5-9-6-10(12)8-11(2,3)7-9/h1,6,10H,5,7-8,12H2,2-3H3. The van der Waals surface area contributed by atoms with E-state index in [9.17, 15) is 0 Å². The van der Waals surface area contributed by atoms with Gasteiger partial charge in [0.25, 0.3) is 0 Å². The molecule has 1 heteroatoms. The molecule has 0 fully saturated rings. The Morgan fingerprint density at radius 2 is 2.42 bits per heavy atom. The number of nitrogens with two attached hydrogens (primary N) is 1. The Balaban J connectivity index is 2.71. The van der Waals surface area contributed by atoms with Crippen LogP contribution in [0.25, 0.3) is 0 Å². The summed E-state index contributed by atoms with van der Waals surface area (Å²) < 4.78 is 0. The Kier molecular flexibility index (Phi) is 2.59. The minimum Gasteiger partial charge on any atom is -0.324 e. The van der Waals surface area contributed by atoms with Crippen LogP contribution in [0, 0.1) is 17.8 Å². The summed E-state index contributed by atoms with van der Waals surface area (Å²) in [5, 5.41) is 0. The molecule has 0 aromatic heterocycles. The molecule has 0 aromatic carbocycles. The highest BCUT2D eigenvalue weighted by molar-refractivity contribution is 5.18. The Bertz CT molecular complexity index is 230. The van der Waals surface area contributed by atoms with Gasteiger partial charge in [-0.1, -0.05) is 25.5 Å². The molecule has 0 heterocycles. The third kappa shape index (κ3) is 2.39. The van der Waals surface area contributed by atoms with Crippen molar-refractivity contribution in [3.63, 3.8) is 0 Å². The zero-order valence-electron chi connectivity index (χ0n) is 7.93. The van der Waals surface area contributed by atoms with E-state index >= 15 is 0 Å². The van der Waals surface area contributed by atoms with Crippen molar-refractivity contribution in [2.24, 2.45) is 11.1 Å². The van der Waals surface area contributed by atoms with Gasteiger partial charge >= 0.3 is 0 Å². The van der Waals surface area contributed by atoms with Gasteiger partial charge in [0.2, 0.25) is 0 Å². The van der Waals surface area contributed by atoms with Crippen molar-refractivity contribution in [1.82, 2.24) is 0 Å². The van der Waals surface area contributed by atoms with Crippen LogP contribution >= 0.6 is 0 Å². The average molecular weight is 163 g/mol. The van der Waals surface area contributed by atoms with Crippen molar-refractivity contribution >= 4 is 0 Å². The molecule has 0 aliphatic heterocycles. The highest BCUT2D eigenvalue weighted by Crippen LogP contribution is 2.35. The third-order valence-corrected chi connectivity index (χ3v) is 2.27. The van der Waals surface area contributed by atoms with Crippen molar-refractivity contribution in [3.8, 4) is 12.3 Å². The Labute approximate surface area is 75.0 Å². The first-order chi connectivity index (χ1) is 5.53. The molecule has 0 bridgehead atoms. The molecule has 0 amide bonds. The first kappa shape index (κ1) is 9.35. The Morgan fingerprint density at radius 1 is 1.75 bits per heavy atom. The molecule has 1 unspecified atom stereocenters. The molecular formula is C11H17N. The van der Waals surface area contributed by atoms with Crippen LogP contribution in [0.3, 0.4) is 0 Å². The van der Waals surface area contributed by atoms with E-state index < -0.39 is 0 Å². The predicted molar refractivity (Wildman–Crippen MR) is 52.5 cm³/mol. The van der Waals surface area contributed by atoms with Gasteiger partial charge in [-0.3, -0.25) is 0 Å². The molecule has 1 nitrogen and oxygen atoms in total. The van der Waals surface area contributed by atoms with Crippen LogP contribution in [0.15, 0.2) is 11.6 Å². The van der Waals surface area contributed by atoms with Crippen molar-refractivity contribution in [2.45, 2.75) is 39.2 Å². The van der Waals surface area contributed by atoms with E-state index in [2.05, 4.69) is 25.8 Å². The molecule has 1 aliphatic carbocycles. The quantitative estimate of drug-likeness (QED) is 0.465. The molecule has 0 saturated carbocycles. The Hall–Kier alpha value is -0.740. The lowest BCUT2D eigenvalue weighted by molar-refractivity contribution is 0.300. The van der Waals surface area contributed by atoms with Crippen LogP contribution in [-0.4, -0.2) is 6.04 Å². The Morgan fingerprint density at radius 3 is 2.92 bits per heavy atom. The smallest absolute Gasteiger partial charge is 0.0297 e. The van der Waals surface area contributed by atoms with E-state index in [1.54, 1.807) is 0 Å². The molecule has 1 aliphatic rings. The number of allylic oxidation sites excluding steroid dienone is 1. The van der Waals surface area contributed by atoms with Crippen molar-refractivity contribution in [1.29, 1.82) is 0 Å². The van der Waals surface area contributed by atoms with Gasteiger partial charge in [0, 0.05) is 12.5 Å².